The van der Waals surface area contributed by atoms with Gasteiger partial charge in [-0.3, -0.25) is 28.5 Å². The molecule has 0 unspecified atom stereocenters. The summed E-state index contributed by atoms with van der Waals surface area (Å²) in [6, 6.07) is 16.9. The van der Waals surface area contributed by atoms with E-state index < -0.39 is 11.1 Å². The van der Waals surface area contributed by atoms with E-state index in [1.807, 2.05) is 37.3 Å². The summed E-state index contributed by atoms with van der Waals surface area (Å²) in [7, 11) is 0. The maximum atomic E-state index is 12.9. The Morgan fingerprint density at radius 1 is 0.909 bits per heavy atom. The van der Waals surface area contributed by atoms with Gasteiger partial charge in [-0.25, -0.2) is 4.98 Å². The molecule has 3 heterocycles. The Hall–Kier alpha value is -4.07. The predicted octanol–water partition coefficient (Wildman–Crippen LogP) is 2.14. The first-order valence-corrected chi connectivity index (χ1v) is 10.8. The van der Waals surface area contributed by atoms with Crippen molar-refractivity contribution in [2.75, 3.05) is 0 Å². The Balaban J connectivity index is 1.55. The van der Waals surface area contributed by atoms with Crippen LogP contribution in [0.5, 0.6) is 0 Å². The van der Waals surface area contributed by atoms with E-state index in [0.29, 0.717) is 11.2 Å². The van der Waals surface area contributed by atoms with Crippen LogP contribution < -0.4 is 16.4 Å². The smallest absolute Gasteiger partial charge is 0.318 e. The zero-order valence-electron chi connectivity index (χ0n) is 18.3. The van der Waals surface area contributed by atoms with Crippen molar-refractivity contribution < 1.29 is 4.79 Å². The average Bonchev–Trinajstić information content (AvgIpc) is 2.84. The summed E-state index contributed by atoms with van der Waals surface area (Å²) in [5.74, 6) is -0.325. The van der Waals surface area contributed by atoms with Gasteiger partial charge in [-0.1, -0.05) is 30.3 Å². The minimum atomic E-state index is -0.753. The van der Waals surface area contributed by atoms with Crippen molar-refractivity contribution in [1.29, 1.82) is 0 Å². The summed E-state index contributed by atoms with van der Waals surface area (Å²) in [5, 5.41) is 2.93. The van der Waals surface area contributed by atoms with Gasteiger partial charge in [0.25, 0.3) is 0 Å². The molecule has 168 valence electrons. The van der Waals surface area contributed by atoms with Crippen molar-refractivity contribution in [3.05, 3.63) is 105 Å². The van der Waals surface area contributed by atoms with Gasteiger partial charge >= 0.3 is 11.1 Å². The summed E-state index contributed by atoms with van der Waals surface area (Å²) in [5.41, 5.74) is 1.33. The number of benzene rings is 1. The second-order valence-electron chi connectivity index (χ2n) is 7.98. The van der Waals surface area contributed by atoms with E-state index in [4.69, 9.17) is 0 Å². The summed E-state index contributed by atoms with van der Waals surface area (Å²) in [6.45, 7) is 1.87. The summed E-state index contributed by atoms with van der Waals surface area (Å²) in [6.07, 6.45) is 6.41. The monoisotopic (exact) mass is 443 g/mol. The number of pyridine rings is 2. The highest BCUT2D eigenvalue weighted by atomic mass is 16.2. The van der Waals surface area contributed by atoms with Gasteiger partial charge in [-0.2, -0.15) is 0 Å². The maximum Gasteiger partial charge on any atom is 0.318 e. The third-order valence-electron chi connectivity index (χ3n) is 5.49. The van der Waals surface area contributed by atoms with E-state index in [0.717, 1.165) is 18.4 Å². The van der Waals surface area contributed by atoms with Crippen molar-refractivity contribution in [2.24, 2.45) is 0 Å². The van der Waals surface area contributed by atoms with Gasteiger partial charge in [0, 0.05) is 24.6 Å². The van der Waals surface area contributed by atoms with Crippen LogP contribution in [0.25, 0.3) is 11.2 Å². The zero-order chi connectivity index (χ0) is 23.2. The molecule has 0 spiro atoms. The van der Waals surface area contributed by atoms with Crippen LogP contribution >= 0.6 is 0 Å². The van der Waals surface area contributed by atoms with E-state index in [1.165, 1.54) is 14.7 Å². The molecule has 0 aliphatic heterocycles. The van der Waals surface area contributed by atoms with Crippen molar-refractivity contribution in [2.45, 2.75) is 38.9 Å². The van der Waals surface area contributed by atoms with Crippen molar-refractivity contribution >= 4 is 17.1 Å². The number of hydrogen-bond acceptors (Lipinski definition) is 5. The fraction of sp³-hybridized carbons (Fsp3) is 0.240. The van der Waals surface area contributed by atoms with Crippen molar-refractivity contribution in [1.82, 2.24) is 24.4 Å². The maximum absolute atomic E-state index is 12.9. The number of amides is 1. The Morgan fingerprint density at radius 2 is 1.64 bits per heavy atom. The Bertz CT molecular complexity index is 1360. The van der Waals surface area contributed by atoms with E-state index in [9.17, 15) is 14.4 Å². The Morgan fingerprint density at radius 3 is 2.39 bits per heavy atom. The lowest BCUT2D eigenvalue weighted by molar-refractivity contribution is -0.122. The van der Waals surface area contributed by atoms with E-state index in [2.05, 4.69) is 15.3 Å². The third kappa shape index (κ3) is 5.23. The summed E-state index contributed by atoms with van der Waals surface area (Å²) in [4.78, 5) is 46.9. The van der Waals surface area contributed by atoms with Crippen molar-refractivity contribution in [3.8, 4) is 0 Å². The molecular formula is C25H25N5O3. The number of nitrogens with one attached hydrogen (secondary N) is 1. The molecule has 0 saturated heterocycles. The molecule has 1 aromatic carbocycles. The molecule has 1 amide bonds. The molecular weight excluding hydrogens is 418 g/mol. The van der Waals surface area contributed by atoms with E-state index >= 15 is 0 Å². The van der Waals surface area contributed by atoms with Gasteiger partial charge in [0.2, 0.25) is 5.91 Å². The number of aryl methyl sites for hydroxylation is 1. The molecule has 0 aliphatic carbocycles. The first kappa shape index (κ1) is 22.1. The van der Waals surface area contributed by atoms with E-state index in [-0.39, 0.29) is 25.0 Å². The highest BCUT2D eigenvalue weighted by molar-refractivity contribution is 5.79. The van der Waals surface area contributed by atoms with Crippen LogP contribution in [0.1, 0.15) is 24.5 Å². The molecule has 0 saturated carbocycles. The molecule has 3 aromatic heterocycles. The number of rotatable bonds is 8. The second-order valence-corrected chi connectivity index (χ2v) is 7.98. The summed E-state index contributed by atoms with van der Waals surface area (Å²) < 4.78 is 2.54. The van der Waals surface area contributed by atoms with Crippen LogP contribution in [-0.4, -0.2) is 31.1 Å². The van der Waals surface area contributed by atoms with Crippen LogP contribution in [0.3, 0.4) is 0 Å². The quantitative estimate of drug-likeness (QED) is 0.421. The van der Waals surface area contributed by atoms with Gasteiger partial charge in [-0.05, 0) is 55.2 Å². The lowest BCUT2D eigenvalue weighted by Crippen LogP contribution is -2.45. The third-order valence-corrected chi connectivity index (χ3v) is 5.49. The minimum Gasteiger partial charge on any atom is -0.352 e. The van der Waals surface area contributed by atoms with Gasteiger partial charge in [-0.15, -0.1) is 0 Å². The topological polar surface area (TPSA) is 98.9 Å². The molecule has 1 atom stereocenters. The molecule has 8 heteroatoms. The molecule has 0 radical (unpaired) electrons. The van der Waals surface area contributed by atoms with Crippen LogP contribution in [0.4, 0.5) is 0 Å². The molecule has 8 nitrogen and oxygen atoms in total. The molecule has 0 fully saturated rings. The van der Waals surface area contributed by atoms with Crippen LogP contribution in [-0.2, 0) is 24.3 Å². The number of nitrogens with zero attached hydrogens (tertiary/aromatic N) is 4. The van der Waals surface area contributed by atoms with Gasteiger partial charge in [0.05, 0.1) is 12.1 Å². The largest absolute Gasteiger partial charge is 0.352 e. The zero-order valence-corrected chi connectivity index (χ0v) is 18.3. The lowest BCUT2D eigenvalue weighted by Gasteiger charge is -2.17. The van der Waals surface area contributed by atoms with E-state index in [1.54, 1.807) is 42.9 Å². The Labute approximate surface area is 190 Å². The van der Waals surface area contributed by atoms with Gasteiger partial charge in [0.15, 0.2) is 5.65 Å². The van der Waals surface area contributed by atoms with Crippen LogP contribution in [0, 0.1) is 0 Å². The van der Waals surface area contributed by atoms with Crippen LogP contribution in [0.2, 0.25) is 0 Å². The van der Waals surface area contributed by atoms with Gasteiger partial charge < -0.3 is 5.32 Å². The van der Waals surface area contributed by atoms with Gasteiger partial charge in [0.1, 0.15) is 6.54 Å². The average molecular weight is 444 g/mol. The minimum absolute atomic E-state index is 0.0788. The first-order valence-electron chi connectivity index (χ1n) is 10.8. The fourth-order valence-corrected chi connectivity index (χ4v) is 3.78. The highest BCUT2D eigenvalue weighted by Gasteiger charge is 2.17. The first-order chi connectivity index (χ1) is 16.0. The lowest BCUT2D eigenvalue weighted by atomic mass is 10.1. The molecule has 4 aromatic rings. The Kier molecular flexibility index (Phi) is 6.73. The molecule has 0 aliphatic rings. The highest BCUT2D eigenvalue weighted by Crippen LogP contribution is 2.10. The normalized spacial score (nSPS) is 11.9. The molecule has 33 heavy (non-hydrogen) atoms. The fourth-order valence-electron chi connectivity index (χ4n) is 3.78. The number of carbonyl (C=O) groups is 1. The predicted molar refractivity (Wildman–Crippen MR) is 126 cm³/mol. The molecule has 0 bridgehead atoms. The van der Waals surface area contributed by atoms with Crippen LogP contribution in [0.15, 0.2) is 82.8 Å². The standard InChI is InChI=1S/C25H25N5O3/c1-18(9-10-19-6-3-2-4-7-19)28-22(31)17-29-21-8-5-13-27-23(21)30(25(33)24(29)32)16-20-11-14-26-15-12-20/h2-8,11-15,18H,9-10,16-17H2,1H3,(H,28,31)/t18-/m0/s1. The second kappa shape index (κ2) is 10.0. The molecule has 1 N–H and O–H groups in total. The number of hydrogen-bond donors (Lipinski definition) is 1. The summed E-state index contributed by atoms with van der Waals surface area (Å²) >= 11 is 0. The SMILES string of the molecule is C[C@@H](CCc1ccccc1)NC(=O)Cn1c(=O)c(=O)n(Cc2ccncc2)c2ncccc21. The number of carbonyl (C=O) groups excluding carboxylic acids is 1. The number of fused-ring (bicyclic) bond motifs is 1. The number of aromatic nitrogens is 4. The molecule has 4 rings (SSSR count). The van der Waals surface area contributed by atoms with Crippen molar-refractivity contribution in [3.63, 3.8) is 0 Å².